The zero-order chi connectivity index (χ0) is 17.1. The number of hydrogen-bond acceptors (Lipinski definition) is 5. The molecule has 1 atom stereocenters. The van der Waals surface area contributed by atoms with Crippen LogP contribution in [0.15, 0.2) is 40.9 Å². The van der Waals surface area contributed by atoms with E-state index >= 15 is 0 Å². The lowest BCUT2D eigenvalue weighted by atomic mass is 9.99. The number of nitrogens with one attached hydrogen (secondary N) is 1. The molecule has 0 amide bonds. The highest BCUT2D eigenvalue weighted by Crippen LogP contribution is 2.21. The highest BCUT2D eigenvalue weighted by atomic mass is 16.4. The number of hydrogen-bond donors (Lipinski definition) is 1. The number of fused-ring (bicyclic) bond motifs is 1. The zero-order valence-electron chi connectivity index (χ0n) is 14.5. The molecule has 0 spiro atoms. The number of aromatic nitrogens is 4. The molecule has 0 radical (unpaired) electrons. The van der Waals surface area contributed by atoms with Crippen molar-refractivity contribution in [1.82, 2.24) is 25.1 Å². The summed E-state index contributed by atoms with van der Waals surface area (Å²) in [7, 11) is 0. The lowest BCUT2D eigenvalue weighted by Crippen LogP contribution is -2.30. The smallest absolute Gasteiger partial charge is 0.208 e. The molecular weight excluding hydrogens is 314 g/mol. The first-order valence-corrected chi connectivity index (χ1v) is 8.95. The summed E-state index contributed by atoms with van der Waals surface area (Å²) >= 11 is 0. The van der Waals surface area contributed by atoms with Gasteiger partial charge in [-0.1, -0.05) is 37.3 Å². The van der Waals surface area contributed by atoms with Crippen LogP contribution < -0.4 is 5.32 Å². The average molecular weight is 337 g/mol. The van der Waals surface area contributed by atoms with E-state index in [-0.39, 0.29) is 0 Å². The van der Waals surface area contributed by atoms with Crippen LogP contribution in [0.4, 0.5) is 0 Å². The van der Waals surface area contributed by atoms with Gasteiger partial charge in [0, 0.05) is 31.5 Å². The molecule has 0 aliphatic carbocycles. The number of oxazole rings is 1. The van der Waals surface area contributed by atoms with E-state index in [1.165, 1.54) is 0 Å². The van der Waals surface area contributed by atoms with Gasteiger partial charge in [0.05, 0.1) is 12.7 Å². The lowest BCUT2D eigenvalue weighted by Gasteiger charge is -2.24. The first-order chi connectivity index (χ1) is 12.3. The van der Waals surface area contributed by atoms with Crippen LogP contribution in [-0.2, 0) is 25.9 Å². The molecular formula is C19H23N5O. The van der Waals surface area contributed by atoms with Crippen LogP contribution in [0.5, 0.6) is 0 Å². The monoisotopic (exact) mass is 337 g/mol. The van der Waals surface area contributed by atoms with Gasteiger partial charge in [0.2, 0.25) is 5.89 Å². The fourth-order valence-corrected chi connectivity index (χ4v) is 3.39. The number of rotatable bonds is 6. The van der Waals surface area contributed by atoms with Crippen LogP contribution in [0.2, 0.25) is 0 Å². The molecule has 4 rings (SSSR count). The maximum Gasteiger partial charge on any atom is 0.208 e. The maximum absolute atomic E-state index is 5.84. The second-order valence-corrected chi connectivity index (χ2v) is 6.52. The molecule has 0 saturated heterocycles. The van der Waals surface area contributed by atoms with E-state index in [1.807, 2.05) is 30.3 Å². The third kappa shape index (κ3) is 3.49. The van der Waals surface area contributed by atoms with Gasteiger partial charge in [-0.25, -0.2) is 4.98 Å². The van der Waals surface area contributed by atoms with Crippen LogP contribution in [0.25, 0.3) is 11.3 Å². The SMILES string of the molecule is CCc1nnc2n1C[C@H](CNCc1ncc(-c3ccccc3)o1)CC2. The topological polar surface area (TPSA) is 68.8 Å². The van der Waals surface area contributed by atoms with Crippen LogP contribution >= 0.6 is 0 Å². The Morgan fingerprint density at radius 1 is 1.24 bits per heavy atom. The van der Waals surface area contributed by atoms with Gasteiger partial charge >= 0.3 is 0 Å². The summed E-state index contributed by atoms with van der Waals surface area (Å²) in [5.74, 6) is 4.37. The molecule has 130 valence electrons. The third-order valence-electron chi connectivity index (χ3n) is 4.76. The summed E-state index contributed by atoms with van der Waals surface area (Å²) in [6, 6.07) is 10.1. The molecule has 1 aliphatic heterocycles. The van der Waals surface area contributed by atoms with Crippen molar-refractivity contribution in [2.75, 3.05) is 6.54 Å². The summed E-state index contributed by atoms with van der Waals surface area (Å²) in [6.45, 7) is 4.73. The van der Waals surface area contributed by atoms with Crippen molar-refractivity contribution in [3.8, 4) is 11.3 Å². The Bertz CT molecular complexity index is 810. The predicted octanol–water partition coefficient (Wildman–Crippen LogP) is 2.85. The van der Waals surface area contributed by atoms with E-state index in [1.54, 1.807) is 6.20 Å². The van der Waals surface area contributed by atoms with Gasteiger partial charge in [-0.2, -0.15) is 0 Å². The first-order valence-electron chi connectivity index (χ1n) is 8.95. The highest BCUT2D eigenvalue weighted by Gasteiger charge is 2.22. The van der Waals surface area contributed by atoms with Crippen LogP contribution in [0.3, 0.4) is 0 Å². The Hall–Kier alpha value is -2.47. The minimum absolute atomic E-state index is 0.595. The largest absolute Gasteiger partial charge is 0.439 e. The van der Waals surface area contributed by atoms with E-state index in [2.05, 4.69) is 32.0 Å². The van der Waals surface area contributed by atoms with Gasteiger partial charge in [-0.05, 0) is 12.3 Å². The highest BCUT2D eigenvalue weighted by molar-refractivity contribution is 5.55. The summed E-state index contributed by atoms with van der Waals surface area (Å²) in [6.07, 6.45) is 4.89. The van der Waals surface area contributed by atoms with Gasteiger partial charge in [0.1, 0.15) is 11.6 Å². The second kappa shape index (κ2) is 7.19. The third-order valence-corrected chi connectivity index (χ3v) is 4.76. The fraction of sp³-hybridized carbons (Fsp3) is 0.421. The van der Waals surface area contributed by atoms with Crippen molar-refractivity contribution < 1.29 is 4.42 Å². The maximum atomic E-state index is 5.84. The van der Waals surface area contributed by atoms with Gasteiger partial charge in [-0.3, -0.25) is 0 Å². The van der Waals surface area contributed by atoms with E-state index in [9.17, 15) is 0 Å². The van der Waals surface area contributed by atoms with Crippen molar-refractivity contribution >= 4 is 0 Å². The number of nitrogens with zero attached hydrogens (tertiary/aromatic N) is 4. The Morgan fingerprint density at radius 3 is 2.96 bits per heavy atom. The quantitative estimate of drug-likeness (QED) is 0.749. The average Bonchev–Trinajstić information content (AvgIpc) is 3.29. The van der Waals surface area contributed by atoms with Crippen molar-refractivity contribution in [3.05, 3.63) is 54.1 Å². The van der Waals surface area contributed by atoms with Gasteiger partial charge < -0.3 is 14.3 Å². The molecule has 0 bridgehead atoms. The van der Waals surface area contributed by atoms with E-state index < -0.39 is 0 Å². The second-order valence-electron chi connectivity index (χ2n) is 6.52. The molecule has 3 heterocycles. The normalized spacial score (nSPS) is 16.8. The summed E-state index contributed by atoms with van der Waals surface area (Å²) in [4.78, 5) is 4.38. The summed E-state index contributed by atoms with van der Waals surface area (Å²) in [5, 5.41) is 12.1. The van der Waals surface area contributed by atoms with Gasteiger partial charge in [0.15, 0.2) is 5.76 Å². The number of aryl methyl sites for hydroxylation is 2. The van der Waals surface area contributed by atoms with Crippen LogP contribution in [-0.4, -0.2) is 26.3 Å². The molecule has 6 heteroatoms. The van der Waals surface area contributed by atoms with Gasteiger partial charge in [-0.15, -0.1) is 10.2 Å². The van der Waals surface area contributed by atoms with Crippen molar-refractivity contribution in [3.63, 3.8) is 0 Å². The minimum atomic E-state index is 0.595. The lowest BCUT2D eigenvalue weighted by molar-refractivity contribution is 0.336. The molecule has 1 aliphatic rings. The van der Waals surface area contributed by atoms with E-state index in [0.29, 0.717) is 12.5 Å². The summed E-state index contributed by atoms with van der Waals surface area (Å²) in [5.41, 5.74) is 1.06. The van der Waals surface area contributed by atoms with Crippen LogP contribution in [0.1, 0.15) is 30.9 Å². The molecule has 0 unspecified atom stereocenters. The summed E-state index contributed by atoms with van der Waals surface area (Å²) < 4.78 is 8.13. The molecule has 25 heavy (non-hydrogen) atoms. The standard InChI is InChI=1S/C19H23N5O/c1-2-17-22-23-18-9-8-14(13-24(17)18)10-20-12-19-21-11-16(25-19)15-6-4-3-5-7-15/h3-7,11,14,20H,2,8-10,12-13H2,1H3/t14-/m0/s1. The zero-order valence-corrected chi connectivity index (χ0v) is 14.5. The van der Waals surface area contributed by atoms with Gasteiger partial charge in [0.25, 0.3) is 0 Å². The Labute approximate surface area is 147 Å². The van der Waals surface area contributed by atoms with E-state index in [4.69, 9.17) is 4.42 Å². The van der Waals surface area contributed by atoms with Crippen molar-refractivity contribution in [1.29, 1.82) is 0 Å². The van der Waals surface area contributed by atoms with Crippen molar-refractivity contribution in [2.24, 2.45) is 5.92 Å². The molecule has 1 N–H and O–H groups in total. The Kier molecular flexibility index (Phi) is 4.61. The van der Waals surface area contributed by atoms with Crippen LogP contribution in [0, 0.1) is 5.92 Å². The molecule has 6 nitrogen and oxygen atoms in total. The Balaban J connectivity index is 1.31. The van der Waals surface area contributed by atoms with Crippen molar-refractivity contribution in [2.45, 2.75) is 39.3 Å². The Morgan fingerprint density at radius 2 is 2.12 bits per heavy atom. The van der Waals surface area contributed by atoms with E-state index in [0.717, 1.165) is 61.2 Å². The number of benzene rings is 1. The first kappa shape index (κ1) is 16.0. The molecule has 3 aromatic rings. The molecule has 1 aromatic carbocycles. The molecule has 2 aromatic heterocycles. The minimum Gasteiger partial charge on any atom is -0.439 e. The molecule has 0 fully saturated rings. The molecule has 0 saturated carbocycles. The fourth-order valence-electron chi connectivity index (χ4n) is 3.39. The predicted molar refractivity (Wildman–Crippen MR) is 94.9 cm³/mol.